The van der Waals surface area contributed by atoms with Gasteiger partial charge < -0.3 is 14.7 Å². The predicted molar refractivity (Wildman–Crippen MR) is 62.3 cm³/mol. The van der Waals surface area contributed by atoms with Gasteiger partial charge in [-0.15, -0.1) is 0 Å². The highest BCUT2D eigenvalue weighted by Crippen LogP contribution is 2.14. The van der Waals surface area contributed by atoms with E-state index in [1.54, 1.807) is 4.90 Å². The normalized spacial score (nSPS) is 21.0. The molecule has 0 aromatic carbocycles. The van der Waals surface area contributed by atoms with Gasteiger partial charge in [0, 0.05) is 13.0 Å². The summed E-state index contributed by atoms with van der Waals surface area (Å²) in [6.07, 6.45) is 6.35. The van der Waals surface area contributed by atoms with E-state index in [1.807, 2.05) is 0 Å². The molecule has 1 saturated heterocycles. The second-order valence-corrected chi connectivity index (χ2v) is 4.35. The first kappa shape index (κ1) is 13.3. The van der Waals surface area contributed by atoms with Crippen molar-refractivity contribution in [3.63, 3.8) is 0 Å². The van der Waals surface area contributed by atoms with Crippen molar-refractivity contribution in [2.75, 3.05) is 19.8 Å². The van der Waals surface area contributed by atoms with E-state index in [1.165, 1.54) is 19.3 Å². The number of aliphatic hydroxyl groups is 1. The van der Waals surface area contributed by atoms with Crippen molar-refractivity contribution < 1.29 is 14.6 Å². The number of ether oxygens (including phenoxy) is 1. The third-order valence-electron chi connectivity index (χ3n) is 3.07. The van der Waals surface area contributed by atoms with E-state index in [0.717, 1.165) is 19.3 Å². The highest BCUT2D eigenvalue weighted by molar-refractivity contribution is 5.68. The number of hydrogen-bond donors (Lipinski definition) is 1. The topological polar surface area (TPSA) is 49.8 Å². The molecule has 1 heterocycles. The first-order valence-electron chi connectivity index (χ1n) is 6.33. The highest BCUT2D eigenvalue weighted by Gasteiger charge is 2.28. The van der Waals surface area contributed by atoms with Crippen LogP contribution in [0.3, 0.4) is 0 Å². The molecule has 1 amide bonds. The molecule has 0 bridgehead atoms. The molecule has 1 atom stereocenters. The fraction of sp³-hybridized carbons (Fsp3) is 0.917. The summed E-state index contributed by atoms with van der Waals surface area (Å²) in [5.41, 5.74) is 0. The Morgan fingerprint density at radius 3 is 2.81 bits per heavy atom. The predicted octanol–water partition coefficient (Wildman–Crippen LogP) is 2.16. The summed E-state index contributed by atoms with van der Waals surface area (Å²) in [4.78, 5) is 13.2. The zero-order valence-electron chi connectivity index (χ0n) is 10.2. The third-order valence-corrected chi connectivity index (χ3v) is 3.07. The van der Waals surface area contributed by atoms with Crippen molar-refractivity contribution in [1.29, 1.82) is 0 Å². The summed E-state index contributed by atoms with van der Waals surface area (Å²) < 4.78 is 4.98. The Kier molecular flexibility index (Phi) is 6.23. The van der Waals surface area contributed by atoms with E-state index in [4.69, 9.17) is 4.74 Å². The first-order chi connectivity index (χ1) is 7.79. The number of rotatable bonds is 7. The van der Waals surface area contributed by atoms with Gasteiger partial charge in [0.1, 0.15) is 0 Å². The standard InChI is InChI=1S/C12H23NO3/c1-2-3-4-5-6-8-13-11(10-14)7-9-16-12(13)15/h11,14H,2-10H2,1H3/t11-/m1/s1. The lowest BCUT2D eigenvalue weighted by molar-refractivity contribution is 0.0245. The number of unbranched alkanes of at least 4 members (excludes halogenated alkanes) is 4. The van der Waals surface area contributed by atoms with Crippen LogP contribution in [0.25, 0.3) is 0 Å². The molecule has 0 radical (unpaired) electrons. The molecular formula is C12H23NO3. The van der Waals surface area contributed by atoms with Crippen LogP contribution >= 0.6 is 0 Å². The third kappa shape index (κ3) is 4.00. The van der Waals surface area contributed by atoms with Gasteiger partial charge in [-0.05, 0) is 6.42 Å². The number of nitrogens with zero attached hydrogens (tertiary/aromatic N) is 1. The lowest BCUT2D eigenvalue weighted by Crippen LogP contribution is -2.47. The van der Waals surface area contributed by atoms with Gasteiger partial charge in [-0.2, -0.15) is 0 Å². The maximum Gasteiger partial charge on any atom is 0.410 e. The lowest BCUT2D eigenvalue weighted by Gasteiger charge is -2.33. The van der Waals surface area contributed by atoms with Crippen LogP contribution in [0.5, 0.6) is 0 Å². The molecule has 16 heavy (non-hydrogen) atoms. The zero-order valence-corrected chi connectivity index (χ0v) is 10.2. The van der Waals surface area contributed by atoms with Gasteiger partial charge in [0.05, 0.1) is 19.3 Å². The molecule has 0 aromatic rings. The fourth-order valence-corrected chi connectivity index (χ4v) is 2.02. The van der Waals surface area contributed by atoms with Crippen LogP contribution in [0, 0.1) is 0 Å². The minimum absolute atomic E-state index is 0.0348. The van der Waals surface area contributed by atoms with Crippen molar-refractivity contribution in [1.82, 2.24) is 4.90 Å². The Balaban J connectivity index is 2.23. The molecule has 1 rings (SSSR count). The quantitative estimate of drug-likeness (QED) is 0.681. The maximum absolute atomic E-state index is 11.5. The van der Waals surface area contributed by atoms with E-state index in [0.29, 0.717) is 13.2 Å². The van der Waals surface area contributed by atoms with E-state index in [2.05, 4.69) is 6.92 Å². The van der Waals surface area contributed by atoms with Crippen molar-refractivity contribution >= 4 is 6.09 Å². The van der Waals surface area contributed by atoms with Crippen LogP contribution in [0.2, 0.25) is 0 Å². The molecule has 0 spiro atoms. The largest absolute Gasteiger partial charge is 0.449 e. The monoisotopic (exact) mass is 229 g/mol. The van der Waals surface area contributed by atoms with Gasteiger partial charge in [0.25, 0.3) is 0 Å². The SMILES string of the molecule is CCCCCCCN1C(=O)OCC[C@@H]1CO. The summed E-state index contributed by atoms with van der Waals surface area (Å²) in [6.45, 7) is 3.39. The van der Waals surface area contributed by atoms with Gasteiger partial charge in [0.15, 0.2) is 0 Å². The second kappa shape index (κ2) is 7.49. The highest BCUT2D eigenvalue weighted by atomic mass is 16.6. The Bertz CT molecular complexity index is 208. The Labute approximate surface area is 97.6 Å². The zero-order chi connectivity index (χ0) is 11.8. The Morgan fingerprint density at radius 2 is 2.12 bits per heavy atom. The van der Waals surface area contributed by atoms with Crippen LogP contribution < -0.4 is 0 Å². The molecule has 1 N–H and O–H groups in total. The van der Waals surface area contributed by atoms with Crippen LogP contribution in [0.4, 0.5) is 4.79 Å². The van der Waals surface area contributed by atoms with Gasteiger partial charge in [-0.1, -0.05) is 32.6 Å². The number of amides is 1. The summed E-state index contributed by atoms with van der Waals surface area (Å²) in [5, 5.41) is 9.17. The van der Waals surface area contributed by atoms with Crippen molar-refractivity contribution in [3.05, 3.63) is 0 Å². The smallest absolute Gasteiger partial charge is 0.410 e. The number of aliphatic hydroxyl groups excluding tert-OH is 1. The van der Waals surface area contributed by atoms with E-state index in [9.17, 15) is 9.90 Å². The summed E-state index contributed by atoms with van der Waals surface area (Å²) in [7, 11) is 0. The van der Waals surface area contributed by atoms with Gasteiger partial charge >= 0.3 is 6.09 Å². The minimum Gasteiger partial charge on any atom is -0.449 e. The molecule has 4 heteroatoms. The first-order valence-corrected chi connectivity index (χ1v) is 6.33. The average Bonchev–Trinajstić information content (AvgIpc) is 2.30. The molecule has 0 saturated carbocycles. The molecular weight excluding hydrogens is 206 g/mol. The molecule has 1 fully saturated rings. The van der Waals surface area contributed by atoms with Gasteiger partial charge in [-0.3, -0.25) is 0 Å². The van der Waals surface area contributed by atoms with Gasteiger partial charge in [-0.25, -0.2) is 4.79 Å². The molecule has 94 valence electrons. The van der Waals surface area contributed by atoms with E-state index >= 15 is 0 Å². The molecule has 1 aliphatic heterocycles. The lowest BCUT2D eigenvalue weighted by atomic mass is 10.1. The van der Waals surface area contributed by atoms with Gasteiger partial charge in [0.2, 0.25) is 0 Å². The summed E-state index contributed by atoms with van der Waals surface area (Å²) >= 11 is 0. The van der Waals surface area contributed by atoms with Crippen LogP contribution in [0.15, 0.2) is 0 Å². The van der Waals surface area contributed by atoms with Crippen molar-refractivity contribution in [2.45, 2.75) is 51.5 Å². The average molecular weight is 229 g/mol. The summed E-state index contributed by atoms with van der Waals surface area (Å²) in [6, 6.07) is -0.0348. The second-order valence-electron chi connectivity index (χ2n) is 4.35. The van der Waals surface area contributed by atoms with Crippen LogP contribution in [0.1, 0.15) is 45.4 Å². The maximum atomic E-state index is 11.5. The van der Waals surface area contributed by atoms with Crippen LogP contribution in [-0.2, 0) is 4.74 Å². The summed E-state index contributed by atoms with van der Waals surface area (Å²) in [5.74, 6) is 0. The molecule has 0 unspecified atom stereocenters. The molecule has 0 aliphatic carbocycles. The molecule has 4 nitrogen and oxygen atoms in total. The van der Waals surface area contributed by atoms with Crippen molar-refractivity contribution in [2.24, 2.45) is 0 Å². The molecule has 1 aliphatic rings. The number of carbonyl (C=O) groups is 1. The Hall–Kier alpha value is -0.770. The minimum atomic E-state index is -0.263. The number of hydrogen-bond acceptors (Lipinski definition) is 3. The van der Waals surface area contributed by atoms with Crippen molar-refractivity contribution in [3.8, 4) is 0 Å². The fourth-order valence-electron chi connectivity index (χ4n) is 2.02. The number of carbonyl (C=O) groups excluding carboxylic acids is 1. The van der Waals surface area contributed by atoms with Crippen LogP contribution in [-0.4, -0.2) is 41.9 Å². The van der Waals surface area contributed by atoms with E-state index < -0.39 is 0 Å². The molecule has 0 aromatic heterocycles. The number of cyclic esters (lactones) is 1. The Morgan fingerprint density at radius 1 is 1.38 bits per heavy atom. The van der Waals surface area contributed by atoms with E-state index in [-0.39, 0.29) is 18.7 Å².